The lowest BCUT2D eigenvalue weighted by Crippen LogP contribution is -2.47. The second kappa shape index (κ2) is 5.63. The van der Waals surface area contributed by atoms with Crippen molar-refractivity contribution in [1.29, 1.82) is 0 Å². The molecule has 1 nitrogen and oxygen atoms in total. The van der Waals surface area contributed by atoms with E-state index in [0.29, 0.717) is 12.6 Å². The fourth-order valence-corrected chi connectivity index (χ4v) is 3.48. The van der Waals surface area contributed by atoms with E-state index in [1.54, 1.807) is 0 Å². The summed E-state index contributed by atoms with van der Waals surface area (Å²) in [6.45, 7) is 4.84. The van der Waals surface area contributed by atoms with Gasteiger partial charge in [0.05, 0.1) is 0 Å². The topological polar surface area (TPSA) is 12.0 Å². The van der Waals surface area contributed by atoms with Gasteiger partial charge in [0, 0.05) is 18.2 Å². The molecule has 0 aliphatic carbocycles. The van der Waals surface area contributed by atoms with E-state index in [1.165, 1.54) is 0 Å². The zero-order valence-corrected chi connectivity index (χ0v) is 10.7. The van der Waals surface area contributed by atoms with Crippen molar-refractivity contribution in [2.75, 3.05) is 18.1 Å². The maximum absolute atomic E-state index is 11.9. The fourth-order valence-electron chi connectivity index (χ4n) is 1.84. The molecular formula is C11H20F3NS. The Morgan fingerprint density at radius 2 is 2.06 bits per heavy atom. The van der Waals surface area contributed by atoms with Gasteiger partial charge in [0.2, 0.25) is 0 Å². The number of hydrogen-bond donors (Lipinski definition) is 1. The van der Waals surface area contributed by atoms with Gasteiger partial charge >= 0.3 is 6.18 Å². The number of nitrogens with one attached hydrogen (secondary N) is 1. The highest BCUT2D eigenvalue weighted by atomic mass is 32.2. The van der Waals surface area contributed by atoms with Gasteiger partial charge in [-0.15, -0.1) is 0 Å². The second-order valence-electron chi connectivity index (χ2n) is 5.04. The summed E-state index contributed by atoms with van der Waals surface area (Å²) < 4.78 is 35.8. The van der Waals surface area contributed by atoms with Crippen LogP contribution in [0.2, 0.25) is 0 Å². The first kappa shape index (κ1) is 14.2. The van der Waals surface area contributed by atoms with E-state index in [2.05, 4.69) is 19.2 Å². The van der Waals surface area contributed by atoms with E-state index in [-0.39, 0.29) is 11.8 Å². The zero-order chi connectivity index (χ0) is 12.2. The van der Waals surface area contributed by atoms with Crippen molar-refractivity contribution in [2.45, 2.75) is 45.3 Å². The van der Waals surface area contributed by atoms with Crippen molar-refractivity contribution < 1.29 is 13.2 Å². The number of hydrogen-bond acceptors (Lipinski definition) is 2. The van der Waals surface area contributed by atoms with Crippen LogP contribution in [0.3, 0.4) is 0 Å². The SMILES string of the molecule is CC1(C)CCSCC1NCCCC(F)(F)F. The quantitative estimate of drug-likeness (QED) is 0.772. The smallest absolute Gasteiger partial charge is 0.313 e. The Kier molecular flexibility index (Phi) is 4.98. The van der Waals surface area contributed by atoms with Gasteiger partial charge in [0.15, 0.2) is 0 Å². The lowest BCUT2D eigenvalue weighted by molar-refractivity contribution is -0.135. The maximum atomic E-state index is 11.9. The van der Waals surface area contributed by atoms with Crippen molar-refractivity contribution in [1.82, 2.24) is 5.32 Å². The summed E-state index contributed by atoms with van der Waals surface area (Å²) in [6.07, 6.45) is -3.38. The predicted octanol–water partition coefficient (Wildman–Crippen LogP) is 3.45. The molecule has 1 unspecified atom stereocenters. The standard InChI is InChI=1S/C11H20F3NS/c1-10(2)5-7-16-8-9(10)15-6-3-4-11(12,13)14/h9,15H,3-8H2,1-2H3. The predicted molar refractivity (Wildman–Crippen MR) is 62.8 cm³/mol. The maximum Gasteiger partial charge on any atom is 0.389 e. The molecule has 0 aromatic rings. The van der Waals surface area contributed by atoms with Gasteiger partial charge in [-0.05, 0) is 30.6 Å². The molecule has 16 heavy (non-hydrogen) atoms. The summed E-state index contributed by atoms with van der Waals surface area (Å²) in [4.78, 5) is 0. The third kappa shape index (κ3) is 4.95. The van der Waals surface area contributed by atoms with Crippen LogP contribution < -0.4 is 5.32 Å². The molecule has 1 aliphatic rings. The molecule has 1 atom stereocenters. The van der Waals surface area contributed by atoms with Crippen LogP contribution in [0.15, 0.2) is 0 Å². The largest absolute Gasteiger partial charge is 0.389 e. The molecule has 0 bridgehead atoms. The molecule has 0 spiro atoms. The summed E-state index contributed by atoms with van der Waals surface area (Å²) in [6, 6.07) is 0.347. The average molecular weight is 255 g/mol. The van der Waals surface area contributed by atoms with E-state index >= 15 is 0 Å². The summed E-state index contributed by atoms with van der Waals surface area (Å²) in [5.41, 5.74) is 0.212. The van der Waals surface area contributed by atoms with Crippen LogP contribution in [0.1, 0.15) is 33.1 Å². The highest BCUT2D eigenvalue weighted by Crippen LogP contribution is 2.34. The molecule has 96 valence electrons. The first-order valence-electron chi connectivity index (χ1n) is 5.69. The van der Waals surface area contributed by atoms with Gasteiger partial charge in [-0.25, -0.2) is 0 Å². The number of thioether (sulfide) groups is 1. The van der Waals surface area contributed by atoms with Gasteiger partial charge in [-0.1, -0.05) is 13.8 Å². The van der Waals surface area contributed by atoms with Gasteiger partial charge in [-0.3, -0.25) is 0 Å². The average Bonchev–Trinajstić information content (AvgIpc) is 2.12. The van der Waals surface area contributed by atoms with Crippen LogP contribution in [0.4, 0.5) is 13.2 Å². The molecule has 5 heteroatoms. The molecular weight excluding hydrogens is 235 g/mol. The van der Waals surface area contributed by atoms with Crippen LogP contribution >= 0.6 is 11.8 Å². The van der Waals surface area contributed by atoms with Crippen LogP contribution in [0.25, 0.3) is 0 Å². The molecule has 1 heterocycles. The monoisotopic (exact) mass is 255 g/mol. The van der Waals surface area contributed by atoms with Crippen molar-refractivity contribution in [3.05, 3.63) is 0 Å². The number of halogens is 3. The highest BCUT2D eigenvalue weighted by Gasteiger charge is 2.32. The number of rotatable bonds is 4. The van der Waals surface area contributed by atoms with E-state index in [9.17, 15) is 13.2 Å². The molecule has 1 fully saturated rings. The van der Waals surface area contributed by atoms with Crippen molar-refractivity contribution in [2.24, 2.45) is 5.41 Å². The molecule has 1 rings (SSSR count). The number of alkyl halides is 3. The van der Waals surface area contributed by atoms with Gasteiger partial charge in [0.1, 0.15) is 0 Å². The van der Waals surface area contributed by atoms with E-state index in [1.807, 2.05) is 11.8 Å². The highest BCUT2D eigenvalue weighted by molar-refractivity contribution is 7.99. The molecule has 1 saturated heterocycles. The molecule has 0 amide bonds. The molecule has 0 aromatic carbocycles. The molecule has 0 radical (unpaired) electrons. The lowest BCUT2D eigenvalue weighted by Gasteiger charge is -2.39. The Hall–Kier alpha value is 0.100. The van der Waals surface area contributed by atoms with Crippen LogP contribution in [-0.4, -0.2) is 30.3 Å². The third-order valence-corrected chi connectivity index (χ3v) is 4.21. The molecule has 0 aromatic heterocycles. The normalized spacial score (nSPS) is 25.7. The Balaban J connectivity index is 2.21. The summed E-state index contributed by atoms with van der Waals surface area (Å²) >= 11 is 1.88. The van der Waals surface area contributed by atoms with E-state index < -0.39 is 12.6 Å². The van der Waals surface area contributed by atoms with E-state index in [0.717, 1.165) is 17.9 Å². The van der Waals surface area contributed by atoms with Crippen molar-refractivity contribution in [3.8, 4) is 0 Å². The third-order valence-electron chi connectivity index (χ3n) is 3.15. The second-order valence-corrected chi connectivity index (χ2v) is 6.19. The Morgan fingerprint density at radius 3 is 2.62 bits per heavy atom. The Labute approximate surface area is 99.6 Å². The fraction of sp³-hybridized carbons (Fsp3) is 1.00. The summed E-state index contributed by atoms with van der Waals surface area (Å²) in [5.74, 6) is 2.17. The molecule has 1 N–H and O–H groups in total. The van der Waals surface area contributed by atoms with Gasteiger partial charge < -0.3 is 5.32 Å². The minimum absolute atomic E-state index is 0.181. The lowest BCUT2D eigenvalue weighted by atomic mass is 9.82. The zero-order valence-electron chi connectivity index (χ0n) is 9.86. The minimum Gasteiger partial charge on any atom is -0.313 e. The van der Waals surface area contributed by atoms with E-state index in [4.69, 9.17) is 0 Å². The van der Waals surface area contributed by atoms with Crippen LogP contribution in [-0.2, 0) is 0 Å². The first-order chi connectivity index (χ1) is 7.31. The summed E-state index contributed by atoms with van der Waals surface area (Å²) in [5, 5.41) is 3.26. The minimum atomic E-state index is -4.02. The van der Waals surface area contributed by atoms with Gasteiger partial charge in [-0.2, -0.15) is 24.9 Å². The Morgan fingerprint density at radius 1 is 1.38 bits per heavy atom. The first-order valence-corrected chi connectivity index (χ1v) is 6.85. The van der Waals surface area contributed by atoms with Crippen LogP contribution in [0.5, 0.6) is 0 Å². The van der Waals surface area contributed by atoms with Crippen molar-refractivity contribution in [3.63, 3.8) is 0 Å². The Bertz CT molecular complexity index is 216. The molecule has 0 saturated carbocycles. The summed E-state index contributed by atoms with van der Waals surface area (Å²) in [7, 11) is 0. The molecule has 1 aliphatic heterocycles. The van der Waals surface area contributed by atoms with Crippen molar-refractivity contribution >= 4 is 11.8 Å². The van der Waals surface area contributed by atoms with Gasteiger partial charge in [0.25, 0.3) is 0 Å². The van der Waals surface area contributed by atoms with Crippen LogP contribution in [0, 0.1) is 5.41 Å².